The highest BCUT2D eigenvalue weighted by molar-refractivity contribution is 6.76. The molecular weight excluding hydrogens is 590 g/mol. The van der Waals surface area contributed by atoms with E-state index in [-0.39, 0.29) is 23.7 Å². The van der Waals surface area contributed by atoms with E-state index in [9.17, 15) is 24.3 Å². The molecular formula is C33H35N5O6Si. The Morgan fingerprint density at radius 1 is 1.04 bits per heavy atom. The summed E-state index contributed by atoms with van der Waals surface area (Å²) in [5.41, 5.74) is 3.11. The van der Waals surface area contributed by atoms with Crippen LogP contribution in [0.3, 0.4) is 0 Å². The van der Waals surface area contributed by atoms with Crippen LogP contribution in [0.4, 0.5) is 10.5 Å². The summed E-state index contributed by atoms with van der Waals surface area (Å²) in [6.07, 6.45) is 3.95. The third kappa shape index (κ3) is 7.36. The lowest BCUT2D eigenvalue weighted by molar-refractivity contribution is 0.0849. The first-order valence-corrected chi connectivity index (χ1v) is 18.2. The fourth-order valence-electron chi connectivity index (χ4n) is 4.89. The molecule has 12 heteroatoms. The number of carbonyl (C=O) groups is 3. The van der Waals surface area contributed by atoms with E-state index in [0.29, 0.717) is 41.5 Å². The molecule has 11 nitrogen and oxygen atoms in total. The summed E-state index contributed by atoms with van der Waals surface area (Å²) in [5.74, 6) is -0.449. The summed E-state index contributed by atoms with van der Waals surface area (Å²) in [6, 6.07) is 16.5. The number of aldehydes is 1. The second-order valence-electron chi connectivity index (χ2n) is 12.2. The van der Waals surface area contributed by atoms with Crippen LogP contribution < -0.4 is 10.9 Å². The summed E-state index contributed by atoms with van der Waals surface area (Å²) in [6.45, 7) is 9.54. The van der Waals surface area contributed by atoms with E-state index in [2.05, 4.69) is 30.1 Å². The van der Waals surface area contributed by atoms with E-state index >= 15 is 0 Å². The number of aryl methyl sites for hydroxylation is 1. The number of rotatable bonds is 11. The Kier molecular flexibility index (Phi) is 8.98. The number of nitrogens with one attached hydrogen (secondary N) is 1. The predicted octanol–water partition coefficient (Wildman–Crippen LogP) is 5.93. The van der Waals surface area contributed by atoms with Crippen LogP contribution in [0.1, 0.15) is 31.8 Å². The molecule has 232 valence electrons. The molecule has 0 fully saturated rings. The fraction of sp³-hybridized carbons (Fsp3) is 0.242. The molecule has 0 aliphatic heterocycles. The van der Waals surface area contributed by atoms with Crippen LogP contribution in [0.15, 0.2) is 78.0 Å². The molecule has 0 saturated heterocycles. The number of anilines is 1. The number of hydrogen-bond acceptors (Lipinski definition) is 6. The normalized spacial score (nSPS) is 11.6. The molecule has 0 aliphatic carbocycles. The number of nitrogens with zero attached hydrogens (tertiary/aromatic N) is 4. The van der Waals surface area contributed by atoms with Gasteiger partial charge in [0.2, 0.25) is 0 Å². The van der Waals surface area contributed by atoms with Gasteiger partial charge in [-0.2, -0.15) is 5.10 Å². The maximum atomic E-state index is 13.7. The summed E-state index contributed by atoms with van der Waals surface area (Å²) in [4.78, 5) is 50.8. The second kappa shape index (κ2) is 12.9. The highest BCUT2D eigenvalue weighted by Gasteiger charge is 2.21. The minimum absolute atomic E-state index is 0.0444. The van der Waals surface area contributed by atoms with Gasteiger partial charge in [0, 0.05) is 38.0 Å². The first-order chi connectivity index (χ1) is 21.4. The largest absolute Gasteiger partial charge is 0.464 e. The molecule has 1 amide bonds. The SMILES string of the molecule is Cc1ccc(Cn2cc(C(=O)Nc3cc(-c4cc5cc(C=O)ccc5n4C(=O)O)c(=O)n(COCC[Si](C)(C)C)c3)cn2)cc1. The lowest BCUT2D eigenvalue weighted by Gasteiger charge is -2.17. The van der Waals surface area contributed by atoms with E-state index in [0.717, 1.165) is 21.7 Å². The maximum Gasteiger partial charge on any atom is 0.416 e. The van der Waals surface area contributed by atoms with Crippen molar-refractivity contribution in [3.63, 3.8) is 0 Å². The highest BCUT2D eigenvalue weighted by Crippen LogP contribution is 2.29. The van der Waals surface area contributed by atoms with Crippen molar-refractivity contribution < 1.29 is 24.2 Å². The number of ether oxygens (including phenoxy) is 1. The first-order valence-electron chi connectivity index (χ1n) is 14.5. The van der Waals surface area contributed by atoms with Crippen molar-refractivity contribution in [3.05, 3.63) is 106 Å². The van der Waals surface area contributed by atoms with Crippen molar-refractivity contribution in [2.75, 3.05) is 11.9 Å². The molecule has 0 bridgehead atoms. The number of amides is 1. The average molecular weight is 626 g/mol. The van der Waals surface area contributed by atoms with Crippen LogP contribution in [-0.4, -0.2) is 57.0 Å². The van der Waals surface area contributed by atoms with Gasteiger partial charge in [-0.05, 0) is 48.9 Å². The van der Waals surface area contributed by atoms with Crippen LogP contribution in [0.5, 0.6) is 0 Å². The van der Waals surface area contributed by atoms with Gasteiger partial charge in [-0.25, -0.2) is 9.36 Å². The predicted molar refractivity (Wildman–Crippen MR) is 175 cm³/mol. The lowest BCUT2D eigenvalue weighted by atomic mass is 10.1. The molecule has 5 rings (SSSR count). The Labute approximate surface area is 260 Å². The van der Waals surface area contributed by atoms with Gasteiger partial charge in [0.15, 0.2) is 0 Å². The van der Waals surface area contributed by atoms with Crippen LogP contribution in [0.25, 0.3) is 22.2 Å². The number of benzene rings is 2. The maximum absolute atomic E-state index is 13.7. The molecule has 0 unspecified atom stereocenters. The Morgan fingerprint density at radius 3 is 2.49 bits per heavy atom. The standard InChI is InChI=1S/C33H35N5O6Si/c1-22-5-7-23(8-6-22)17-37-18-26(16-34-37)31(40)35-27-15-28(32(41)36(19-27)21-44-11-12-45(2,3)4)30-14-25-13-24(20-39)9-10-29(25)38(30)33(42)43/h5-10,13-16,18-20H,11-12,17,21H2,1-4H3,(H,35,40)(H,42,43). The molecule has 0 atom stereocenters. The molecule has 0 saturated carbocycles. The van der Waals surface area contributed by atoms with E-state index < -0.39 is 25.6 Å². The second-order valence-corrected chi connectivity index (χ2v) is 17.8. The molecule has 2 aromatic carbocycles. The smallest absolute Gasteiger partial charge is 0.416 e. The Morgan fingerprint density at radius 2 is 1.80 bits per heavy atom. The summed E-state index contributed by atoms with van der Waals surface area (Å²) >= 11 is 0. The van der Waals surface area contributed by atoms with Crippen LogP contribution in [-0.2, 0) is 18.0 Å². The minimum atomic E-state index is -1.39. The summed E-state index contributed by atoms with van der Waals surface area (Å²) in [7, 11) is -1.39. The molecule has 3 aromatic heterocycles. The van der Waals surface area contributed by atoms with Crippen molar-refractivity contribution in [1.82, 2.24) is 18.9 Å². The Hall–Kier alpha value is -5.07. The van der Waals surface area contributed by atoms with E-state index in [1.165, 1.54) is 35.2 Å². The molecule has 0 radical (unpaired) electrons. The number of hydrogen-bond donors (Lipinski definition) is 2. The zero-order valence-electron chi connectivity index (χ0n) is 25.6. The number of carboxylic acid groups (broad SMARTS) is 1. The van der Waals surface area contributed by atoms with E-state index in [1.807, 2.05) is 31.2 Å². The highest BCUT2D eigenvalue weighted by atomic mass is 28.3. The van der Waals surface area contributed by atoms with Gasteiger partial charge in [-0.3, -0.25) is 23.6 Å². The lowest BCUT2D eigenvalue weighted by Crippen LogP contribution is -2.27. The number of carbonyl (C=O) groups excluding carboxylic acids is 2. The Bertz CT molecular complexity index is 1950. The molecule has 0 aliphatic rings. The van der Waals surface area contributed by atoms with Crippen molar-refractivity contribution in [2.45, 2.75) is 45.9 Å². The average Bonchev–Trinajstić information content (AvgIpc) is 3.62. The van der Waals surface area contributed by atoms with Gasteiger partial charge >= 0.3 is 6.09 Å². The van der Waals surface area contributed by atoms with Crippen molar-refractivity contribution in [1.29, 1.82) is 0 Å². The van der Waals surface area contributed by atoms with Crippen LogP contribution >= 0.6 is 0 Å². The van der Waals surface area contributed by atoms with Gasteiger partial charge in [0.25, 0.3) is 11.5 Å². The quantitative estimate of drug-likeness (QED) is 0.105. The molecule has 45 heavy (non-hydrogen) atoms. The van der Waals surface area contributed by atoms with Gasteiger partial charge in [-0.15, -0.1) is 0 Å². The third-order valence-corrected chi connectivity index (χ3v) is 9.06. The molecule has 0 spiro atoms. The van der Waals surface area contributed by atoms with Gasteiger partial charge in [0.05, 0.1) is 40.8 Å². The monoisotopic (exact) mass is 625 g/mol. The number of aromatic nitrogens is 4. The van der Waals surface area contributed by atoms with Gasteiger partial charge in [-0.1, -0.05) is 49.5 Å². The van der Waals surface area contributed by atoms with Crippen molar-refractivity contribution in [2.24, 2.45) is 0 Å². The minimum Gasteiger partial charge on any atom is -0.464 e. The van der Waals surface area contributed by atoms with Gasteiger partial charge in [0.1, 0.15) is 13.0 Å². The van der Waals surface area contributed by atoms with Crippen molar-refractivity contribution >= 4 is 43.0 Å². The van der Waals surface area contributed by atoms with Gasteiger partial charge < -0.3 is 15.2 Å². The zero-order valence-corrected chi connectivity index (χ0v) is 26.6. The molecule has 2 N–H and O–H groups in total. The topological polar surface area (TPSA) is 137 Å². The number of fused-ring (bicyclic) bond motifs is 1. The van der Waals surface area contributed by atoms with E-state index in [4.69, 9.17) is 4.74 Å². The third-order valence-electron chi connectivity index (χ3n) is 7.36. The number of pyridine rings is 1. The van der Waals surface area contributed by atoms with Crippen molar-refractivity contribution in [3.8, 4) is 11.3 Å². The van der Waals surface area contributed by atoms with Crippen LogP contribution in [0.2, 0.25) is 25.7 Å². The molecule has 3 heterocycles. The van der Waals surface area contributed by atoms with E-state index in [1.54, 1.807) is 23.0 Å². The molecule has 5 aromatic rings. The summed E-state index contributed by atoms with van der Waals surface area (Å²) < 4.78 is 9.83. The van der Waals surface area contributed by atoms with Crippen LogP contribution in [0, 0.1) is 6.92 Å². The first kappa shape index (κ1) is 31.4. The zero-order chi connectivity index (χ0) is 32.3. The summed E-state index contributed by atoms with van der Waals surface area (Å²) in [5, 5.41) is 17.8. The fourth-order valence-corrected chi connectivity index (χ4v) is 5.64. The Balaban J connectivity index is 1.50.